The lowest BCUT2D eigenvalue weighted by Gasteiger charge is -2.36. The van der Waals surface area contributed by atoms with Crippen LogP contribution < -0.4 is 14.4 Å². The number of hydrogen-bond acceptors (Lipinski definition) is 8. The summed E-state index contributed by atoms with van der Waals surface area (Å²) in [4.78, 5) is 50.9. The molecule has 0 bridgehead atoms. The molecule has 0 radical (unpaired) electrons. The maximum absolute atomic E-state index is 14.1. The zero-order chi connectivity index (χ0) is 26.1. The quantitative estimate of drug-likeness (QED) is 0.237. The molecule has 188 valence electrons. The van der Waals surface area contributed by atoms with Gasteiger partial charge in [0.05, 0.1) is 22.0 Å². The summed E-state index contributed by atoms with van der Waals surface area (Å²) < 4.78 is 10.8. The zero-order valence-electron chi connectivity index (χ0n) is 20.9. The van der Waals surface area contributed by atoms with Crippen LogP contribution in [0.25, 0.3) is 21.8 Å². The molecule has 1 saturated heterocycles. The van der Waals surface area contributed by atoms with Gasteiger partial charge in [-0.05, 0) is 25.1 Å². The molecule has 2 aromatic carbocycles. The predicted octanol–water partition coefficient (Wildman–Crippen LogP) is 3.90. The summed E-state index contributed by atoms with van der Waals surface area (Å²) >= 11 is 0. The number of hydrogen-bond donors (Lipinski definition) is 0. The number of benzene rings is 2. The maximum atomic E-state index is 14.1. The Morgan fingerprint density at radius 2 is 1.54 bits per heavy atom. The van der Waals surface area contributed by atoms with E-state index in [1.165, 1.54) is 19.9 Å². The van der Waals surface area contributed by atoms with E-state index in [4.69, 9.17) is 14.5 Å². The van der Waals surface area contributed by atoms with Gasteiger partial charge in [0.25, 0.3) is 5.91 Å². The summed E-state index contributed by atoms with van der Waals surface area (Å²) in [6, 6.07) is 16.3. The summed E-state index contributed by atoms with van der Waals surface area (Å²) in [6.45, 7) is 6.79. The van der Waals surface area contributed by atoms with E-state index in [0.717, 1.165) is 11.5 Å². The lowest BCUT2D eigenvalue weighted by Crippen LogP contribution is -2.49. The molecule has 9 heteroatoms. The first-order valence-corrected chi connectivity index (χ1v) is 12.0. The Balaban J connectivity index is 1.59. The highest BCUT2D eigenvalue weighted by Crippen LogP contribution is 2.37. The number of carbonyl (C=O) groups excluding carboxylic acids is 3. The smallest absolute Gasteiger partial charge is 0.308 e. The maximum Gasteiger partial charge on any atom is 0.308 e. The Bertz CT molecular complexity index is 1540. The molecule has 37 heavy (non-hydrogen) atoms. The number of carbonyl (C=O) groups is 3. The van der Waals surface area contributed by atoms with Crippen LogP contribution >= 0.6 is 0 Å². The van der Waals surface area contributed by atoms with Crippen molar-refractivity contribution < 1.29 is 23.9 Å². The van der Waals surface area contributed by atoms with Crippen LogP contribution in [0.5, 0.6) is 11.5 Å². The molecule has 0 spiro atoms. The van der Waals surface area contributed by atoms with Crippen LogP contribution in [0, 0.1) is 6.92 Å². The highest BCUT2D eigenvalue weighted by molar-refractivity contribution is 6.18. The molecule has 4 aromatic rings. The lowest BCUT2D eigenvalue weighted by atomic mass is 10.00. The molecule has 0 unspecified atom stereocenters. The number of fused-ring (bicyclic) bond motifs is 2. The molecule has 2 aromatic heterocycles. The van der Waals surface area contributed by atoms with E-state index in [2.05, 4.69) is 9.88 Å². The Morgan fingerprint density at radius 1 is 0.811 bits per heavy atom. The first-order chi connectivity index (χ1) is 17.8. The number of pyridine rings is 2. The number of rotatable bonds is 4. The van der Waals surface area contributed by atoms with Gasteiger partial charge in [-0.2, -0.15) is 0 Å². The Hall–Kier alpha value is -4.53. The summed E-state index contributed by atoms with van der Waals surface area (Å²) in [5.41, 5.74) is 2.33. The predicted molar refractivity (Wildman–Crippen MR) is 139 cm³/mol. The average molecular weight is 499 g/mol. The van der Waals surface area contributed by atoms with E-state index < -0.39 is 11.9 Å². The topological polar surface area (TPSA) is 102 Å². The van der Waals surface area contributed by atoms with Crippen LogP contribution in [0.3, 0.4) is 0 Å². The third-order valence-electron chi connectivity index (χ3n) is 6.21. The fraction of sp³-hybridized carbons (Fsp3) is 0.250. The summed E-state index contributed by atoms with van der Waals surface area (Å²) in [7, 11) is 0. The Kier molecular flexibility index (Phi) is 6.43. The van der Waals surface area contributed by atoms with E-state index in [9.17, 15) is 14.4 Å². The molecule has 5 rings (SSSR count). The molecule has 1 aliphatic heterocycles. The van der Waals surface area contributed by atoms with Gasteiger partial charge in [-0.15, -0.1) is 0 Å². The fourth-order valence-electron chi connectivity index (χ4n) is 4.65. The van der Waals surface area contributed by atoms with E-state index >= 15 is 0 Å². The third kappa shape index (κ3) is 4.93. The Morgan fingerprint density at radius 3 is 2.24 bits per heavy atom. The minimum Gasteiger partial charge on any atom is -0.427 e. The van der Waals surface area contributed by atoms with Gasteiger partial charge in [0.15, 0.2) is 0 Å². The normalized spacial score (nSPS) is 13.6. The highest BCUT2D eigenvalue weighted by atomic mass is 16.5. The molecular weight excluding hydrogens is 472 g/mol. The summed E-state index contributed by atoms with van der Waals surface area (Å²) in [5, 5.41) is 1.05. The van der Waals surface area contributed by atoms with Crippen molar-refractivity contribution in [2.45, 2.75) is 20.8 Å². The third-order valence-corrected chi connectivity index (χ3v) is 6.21. The molecule has 3 heterocycles. The van der Waals surface area contributed by atoms with Crippen molar-refractivity contribution in [2.24, 2.45) is 0 Å². The van der Waals surface area contributed by atoms with E-state index in [1.807, 2.05) is 49.4 Å². The number of ether oxygens (including phenoxy) is 2. The van der Waals surface area contributed by atoms with Gasteiger partial charge >= 0.3 is 11.9 Å². The molecule has 0 saturated carbocycles. The van der Waals surface area contributed by atoms with Gasteiger partial charge in [-0.25, -0.2) is 9.97 Å². The van der Waals surface area contributed by atoms with Crippen LogP contribution in [0.1, 0.15) is 29.9 Å². The number of nitrogens with zero attached hydrogens (tertiary/aromatic N) is 4. The second kappa shape index (κ2) is 9.85. The number of aromatic nitrogens is 2. The average Bonchev–Trinajstić information content (AvgIpc) is 2.86. The summed E-state index contributed by atoms with van der Waals surface area (Å²) in [5.74, 6) is -0.0865. The molecule has 1 aliphatic rings. The minimum atomic E-state index is -0.563. The van der Waals surface area contributed by atoms with Crippen molar-refractivity contribution in [3.8, 4) is 11.5 Å². The number of amides is 1. The second-order valence-electron chi connectivity index (χ2n) is 8.92. The van der Waals surface area contributed by atoms with Crippen LogP contribution in [-0.2, 0) is 9.59 Å². The molecular formula is C28H26N4O5. The van der Waals surface area contributed by atoms with E-state index in [1.54, 1.807) is 11.0 Å². The SMILES string of the molecule is CC(=O)Oc1cc(OC(C)=O)c2c(C(=O)N3CCN(c4cccc(C)n4)CC3)c3ccccc3nc2c1. The first kappa shape index (κ1) is 24.2. The molecule has 1 fully saturated rings. The second-order valence-corrected chi connectivity index (χ2v) is 8.92. The number of para-hydroxylation sites is 1. The number of piperazine rings is 1. The fourth-order valence-corrected chi connectivity index (χ4v) is 4.65. The van der Waals surface area contributed by atoms with Gasteiger partial charge < -0.3 is 19.3 Å². The highest BCUT2D eigenvalue weighted by Gasteiger charge is 2.28. The molecule has 0 aliphatic carbocycles. The zero-order valence-corrected chi connectivity index (χ0v) is 20.9. The van der Waals surface area contributed by atoms with Crippen LogP contribution in [0.2, 0.25) is 0 Å². The van der Waals surface area contributed by atoms with Crippen molar-refractivity contribution in [3.05, 3.63) is 65.9 Å². The van der Waals surface area contributed by atoms with Gasteiger partial charge in [0.1, 0.15) is 17.3 Å². The van der Waals surface area contributed by atoms with Gasteiger partial charge in [-0.1, -0.05) is 24.3 Å². The lowest BCUT2D eigenvalue weighted by molar-refractivity contribution is -0.132. The molecule has 0 atom stereocenters. The van der Waals surface area contributed by atoms with Crippen molar-refractivity contribution in [3.63, 3.8) is 0 Å². The molecule has 0 N–H and O–H groups in total. The minimum absolute atomic E-state index is 0.116. The number of esters is 2. The van der Waals surface area contributed by atoms with E-state index in [0.29, 0.717) is 53.5 Å². The van der Waals surface area contributed by atoms with Crippen molar-refractivity contribution >= 4 is 45.5 Å². The van der Waals surface area contributed by atoms with Gasteiger partial charge in [0.2, 0.25) is 0 Å². The monoisotopic (exact) mass is 498 g/mol. The van der Waals surface area contributed by atoms with E-state index in [-0.39, 0.29) is 17.4 Å². The van der Waals surface area contributed by atoms with Crippen LogP contribution in [0.15, 0.2) is 54.6 Å². The first-order valence-electron chi connectivity index (χ1n) is 12.0. The largest absolute Gasteiger partial charge is 0.427 e. The van der Waals surface area contributed by atoms with Crippen molar-refractivity contribution in [2.75, 3.05) is 31.1 Å². The van der Waals surface area contributed by atoms with Crippen LogP contribution in [-0.4, -0.2) is 58.9 Å². The molecule has 1 amide bonds. The number of anilines is 1. The van der Waals surface area contributed by atoms with Crippen molar-refractivity contribution in [1.82, 2.24) is 14.9 Å². The van der Waals surface area contributed by atoms with Gasteiger partial charge in [0, 0.05) is 63.2 Å². The standard InChI is InChI=1S/C28H26N4O5/c1-17-7-6-10-25(29-17)31-11-13-32(14-12-31)28(35)26-21-8-4-5-9-22(21)30-23-15-20(36-18(2)33)16-24(27(23)26)37-19(3)34/h4-10,15-16H,11-14H2,1-3H3. The van der Waals surface area contributed by atoms with Crippen molar-refractivity contribution in [1.29, 1.82) is 0 Å². The molecule has 9 nitrogen and oxygen atoms in total. The Labute approximate surface area is 213 Å². The number of aryl methyl sites for hydroxylation is 1. The van der Waals surface area contributed by atoms with Crippen LogP contribution in [0.4, 0.5) is 5.82 Å². The van der Waals surface area contributed by atoms with Gasteiger partial charge in [-0.3, -0.25) is 14.4 Å². The summed E-state index contributed by atoms with van der Waals surface area (Å²) in [6.07, 6.45) is 0.